The average Bonchev–Trinajstić information content (AvgIpc) is 2.79. The summed E-state index contributed by atoms with van der Waals surface area (Å²) in [5.74, 6) is 0.583. The van der Waals surface area contributed by atoms with Gasteiger partial charge in [-0.25, -0.2) is 0 Å². The third-order valence-corrected chi connectivity index (χ3v) is 5.03. The minimum Gasteiger partial charge on any atom is -0.384 e. The van der Waals surface area contributed by atoms with Crippen molar-refractivity contribution < 1.29 is 9.84 Å². The highest BCUT2D eigenvalue weighted by molar-refractivity contribution is 9.10. The predicted molar refractivity (Wildman–Crippen MR) is 82.5 cm³/mol. The lowest BCUT2D eigenvalue weighted by molar-refractivity contribution is -0.136. The van der Waals surface area contributed by atoms with Crippen LogP contribution in [0.2, 0.25) is 0 Å². The van der Waals surface area contributed by atoms with E-state index in [1.807, 2.05) is 4.68 Å². The molecule has 1 aromatic rings. The fourth-order valence-corrected chi connectivity index (χ4v) is 3.89. The van der Waals surface area contributed by atoms with Crippen molar-refractivity contribution in [3.8, 4) is 0 Å². The molecule has 0 spiro atoms. The number of aryl methyl sites for hydroxylation is 1. The SMILES string of the molecule is CCCn1ncc(Br)c1C(O)C1(OC)CCCC(C)C1. The standard InChI is InChI=1S/C15H25BrN2O2/c1-4-8-18-13(12(16)10-17-18)14(19)15(20-3)7-5-6-11(2)9-15/h10-11,14,19H,4-9H2,1-3H3. The van der Waals surface area contributed by atoms with Gasteiger partial charge in [0.1, 0.15) is 6.10 Å². The normalized spacial score (nSPS) is 28.6. The van der Waals surface area contributed by atoms with E-state index < -0.39 is 11.7 Å². The van der Waals surface area contributed by atoms with Crippen LogP contribution >= 0.6 is 15.9 Å². The Hall–Kier alpha value is -0.390. The van der Waals surface area contributed by atoms with Crippen LogP contribution in [0.1, 0.15) is 57.7 Å². The van der Waals surface area contributed by atoms with E-state index in [4.69, 9.17) is 4.74 Å². The predicted octanol–water partition coefficient (Wildman–Crippen LogP) is 3.68. The monoisotopic (exact) mass is 344 g/mol. The molecule has 0 aliphatic heterocycles. The van der Waals surface area contributed by atoms with Crippen molar-refractivity contribution >= 4 is 15.9 Å². The van der Waals surface area contributed by atoms with Gasteiger partial charge in [0, 0.05) is 13.7 Å². The molecule has 1 aliphatic carbocycles. The Morgan fingerprint density at radius 2 is 2.40 bits per heavy atom. The Labute approximate surface area is 129 Å². The summed E-state index contributed by atoms with van der Waals surface area (Å²) in [6.45, 7) is 5.16. The van der Waals surface area contributed by atoms with E-state index in [9.17, 15) is 5.11 Å². The number of halogens is 1. The lowest BCUT2D eigenvalue weighted by Gasteiger charge is -2.42. The average molecular weight is 345 g/mol. The Kier molecular flexibility index (Phi) is 5.26. The molecule has 0 bridgehead atoms. The van der Waals surface area contributed by atoms with Gasteiger partial charge in [0.15, 0.2) is 0 Å². The minimum atomic E-state index is -0.640. The first kappa shape index (κ1) is 16.0. The summed E-state index contributed by atoms with van der Waals surface area (Å²) >= 11 is 3.52. The highest BCUT2D eigenvalue weighted by Gasteiger charge is 2.44. The molecule has 3 unspecified atom stereocenters. The summed E-state index contributed by atoms with van der Waals surface area (Å²) < 4.78 is 8.58. The van der Waals surface area contributed by atoms with Crippen molar-refractivity contribution in [3.05, 3.63) is 16.4 Å². The molecule has 0 radical (unpaired) electrons. The van der Waals surface area contributed by atoms with Crippen LogP contribution in [0.25, 0.3) is 0 Å². The zero-order chi connectivity index (χ0) is 14.8. The zero-order valence-electron chi connectivity index (χ0n) is 12.6. The van der Waals surface area contributed by atoms with Crippen LogP contribution in [0.3, 0.4) is 0 Å². The molecule has 4 nitrogen and oxygen atoms in total. The molecule has 3 atom stereocenters. The molecule has 1 saturated carbocycles. The molecule has 0 saturated heterocycles. The maximum Gasteiger partial charge on any atom is 0.126 e. The maximum atomic E-state index is 11.0. The zero-order valence-corrected chi connectivity index (χ0v) is 14.2. The fourth-order valence-electron chi connectivity index (χ4n) is 3.37. The number of hydrogen-bond donors (Lipinski definition) is 1. The summed E-state index contributed by atoms with van der Waals surface area (Å²) in [6, 6.07) is 0. The first-order chi connectivity index (χ1) is 9.54. The van der Waals surface area contributed by atoms with Crippen molar-refractivity contribution in [2.45, 2.75) is 64.2 Å². The first-order valence-electron chi connectivity index (χ1n) is 7.48. The highest BCUT2D eigenvalue weighted by atomic mass is 79.9. The molecule has 20 heavy (non-hydrogen) atoms. The molecule has 114 valence electrons. The van der Waals surface area contributed by atoms with Gasteiger partial charge in [-0.1, -0.05) is 26.7 Å². The van der Waals surface area contributed by atoms with Crippen LogP contribution in [0.4, 0.5) is 0 Å². The van der Waals surface area contributed by atoms with Crippen LogP contribution in [0.5, 0.6) is 0 Å². The van der Waals surface area contributed by atoms with Crippen LogP contribution < -0.4 is 0 Å². The molecule has 1 aliphatic rings. The van der Waals surface area contributed by atoms with Gasteiger partial charge in [-0.2, -0.15) is 5.10 Å². The van der Waals surface area contributed by atoms with E-state index in [1.165, 1.54) is 6.42 Å². The second-order valence-corrected chi connectivity index (χ2v) is 6.83. The lowest BCUT2D eigenvalue weighted by atomic mass is 9.75. The molecular weight excluding hydrogens is 320 g/mol. The fraction of sp³-hybridized carbons (Fsp3) is 0.800. The van der Waals surface area contributed by atoms with E-state index in [1.54, 1.807) is 13.3 Å². The third kappa shape index (κ3) is 2.95. The Morgan fingerprint density at radius 3 is 3.00 bits per heavy atom. The molecule has 5 heteroatoms. The molecule has 1 fully saturated rings. The van der Waals surface area contributed by atoms with Gasteiger partial charge < -0.3 is 9.84 Å². The summed E-state index contributed by atoms with van der Waals surface area (Å²) in [5.41, 5.74) is 0.369. The van der Waals surface area contributed by atoms with Crippen molar-refractivity contribution in [2.75, 3.05) is 7.11 Å². The number of aliphatic hydroxyl groups excluding tert-OH is 1. The summed E-state index contributed by atoms with van der Waals surface area (Å²) in [5, 5.41) is 15.3. The van der Waals surface area contributed by atoms with Gasteiger partial charge in [-0.15, -0.1) is 0 Å². The maximum absolute atomic E-state index is 11.0. The molecular formula is C15H25BrN2O2. The molecule has 0 aromatic carbocycles. The Balaban J connectivity index is 2.32. The van der Waals surface area contributed by atoms with E-state index >= 15 is 0 Å². The van der Waals surface area contributed by atoms with Gasteiger partial charge in [0.25, 0.3) is 0 Å². The van der Waals surface area contributed by atoms with Crippen molar-refractivity contribution in [1.29, 1.82) is 0 Å². The minimum absolute atomic E-state index is 0.480. The van der Waals surface area contributed by atoms with Gasteiger partial charge in [0.2, 0.25) is 0 Å². The molecule has 2 rings (SSSR count). The van der Waals surface area contributed by atoms with Crippen molar-refractivity contribution in [1.82, 2.24) is 9.78 Å². The van der Waals surface area contributed by atoms with E-state index in [-0.39, 0.29) is 0 Å². The quantitative estimate of drug-likeness (QED) is 0.885. The highest BCUT2D eigenvalue weighted by Crippen LogP contribution is 2.44. The Morgan fingerprint density at radius 1 is 1.65 bits per heavy atom. The van der Waals surface area contributed by atoms with Crippen LogP contribution in [0, 0.1) is 5.92 Å². The van der Waals surface area contributed by atoms with Crippen LogP contribution in [-0.2, 0) is 11.3 Å². The third-order valence-electron chi connectivity index (χ3n) is 4.42. The second kappa shape index (κ2) is 6.58. The van der Waals surface area contributed by atoms with Gasteiger partial charge in [-0.3, -0.25) is 4.68 Å². The lowest BCUT2D eigenvalue weighted by Crippen LogP contribution is -2.43. The van der Waals surface area contributed by atoms with E-state index in [2.05, 4.69) is 34.9 Å². The molecule has 0 amide bonds. The van der Waals surface area contributed by atoms with Gasteiger partial charge in [0.05, 0.1) is 22.0 Å². The summed E-state index contributed by atoms with van der Waals surface area (Å²) in [6.07, 6.45) is 6.23. The number of rotatable bonds is 5. The summed E-state index contributed by atoms with van der Waals surface area (Å²) in [4.78, 5) is 0. The molecule has 1 aromatic heterocycles. The van der Waals surface area contributed by atoms with E-state index in [0.29, 0.717) is 5.92 Å². The smallest absolute Gasteiger partial charge is 0.126 e. The molecule has 1 heterocycles. The summed E-state index contributed by atoms with van der Waals surface area (Å²) in [7, 11) is 1.72. The van der Waals surface area contributed by atoms with E-state index in [0.717, 1.165) is 42.4 Å². The first-order valence-corrected chi connectivity index (χ1v) is 8.27. The number of hydrogen-bond acceptors (Lipinski definition) is 3. The van der Waals surface area contributed by atoms with Crippen molar-refractivity contribution in [2.24, 2.45) is 5.92 Å². The number of nitrogens with zero attached hydrogens (tertiary/aromatic N) is 2. The second-order valence-electron chi connectivity index (χ2n) is 5.97. The number of aromatic nitrogens is 2. The van der Waals surface area contributed by atoms with Crippen LogP contribution in [-0.4, -0.2) is 27.6 Å². The number of ether oxygens (including phenoxy) is 1. The van der Waals surface area contributed by atoms with Gasteiger partial charge in [-0.05, 0) is 41.1 Å². The number of aliphatic hydroxyl groups is 1. The van der Waals surface area contributed by atoms with Gasteiger partial charge >= 0.3 is 0 Å². The topological polar surface area (TPSA) is 47.3 Å². The van der Waals surface area contributed by atoms with Crippen LogP contribution in [0.15, 0.2) is 10.7 Å². The van der Waals surface area contributed by atoms with Crippen molar-refractivity contribution in [3.63, 3.8) is 0 Å². The largest absolute Gasteiger partial charge is 0.384 e. The molecule has 1 N–H and O–H groups in total. The Bertz CT molecular complexity index is 449. The number of methoxy groups -OCH3 is 1.